The molecule has 8 aromatic rings. The summed E-state index contributed by atoms with van der Waals surface area (Å²) in [5.41, 5.74) is 6.49. The fraction of sp³-hybridized carbons (Fsp3) is 0.286. The topological polar surface area (TPSA) is 63.3 Å². The van der Waals surface area contributed by atoms with E-state index >= 15 is 0 Å². The normalized spacial score (nSPS) is 17.9. The van der Waals surface area contributed by atoms with Crippen LogP contribution >= 0.6 is 55.1 Å². The summed E-state index contributed by atoms with van der Waals surface area (Å²) in [6, 6.07) is 45.3. The highest BCUT2D eigenvalue weighted by atomic mass is 79.9. The number of piperazine rings is 2. The molecule has 2 aromatic heterocycles. The Morgan fingerprint density at radius 3 is 1.43 bits per heavy atom. The molecule has 2 saturated heterocycles. The molecule has 10 rings (SSSR count). The molecule has 8 nitrogen and oxygen atoms in total. The van der Waals surface area contributed by atoms with Crippen molar-refractivity contribution in [2.24, 2.45) is 0 Å². The number of hydrogen-bond acceptors (Lipinski definition) is 6. The monoisotopic (exact) mass is 1070 g/mol. The van der Waals surface area contributed by atoms with Crippen LogP contribution in [0.15, 0.2) is 155 Å². The third-order valence-electron chi connectivity index (χ3n) is 14.0. The molecule has 2 aliphatic rings. The van der Waals surface area contributed by atoms with Crippen LogP contribution in [0.1, 0.15) is 23.7 Å². The number of benzene rings is 6. The molecule has 0 bridgehead atoms. The zero-order valence-electron chi connectivity index (χ0n) is 37.9. The Kier molecular flexibility index (Phi) is 14.9. The standard InChI is InChI=1S/C56H56Br2Cl2N6O2/c57-41-15-19-51-45(33-41)46-34-42(58)16-20-52(46)66(51)56(64-31-27-62(28-32-64)24-8-14-40-11-5-2-6-12-40)54(67)37-53(63-29-25-61(26-30-63)23-7-13-39-9-3-1-4-10-39)55(68)38-65-49-21-17-43(59)35-47(49)48-36-44(60)18-22-50(48)65/h1-22,33-36,53-56,67-68H,23-32,37-38H2/b13-7+,14-8+. The van der Waals surface area contributed by atoms with Crippen LogP contribution in [0.3, 0.4) is 0 Å². The molecule has 0 spiro atoms. The average Bonchev–Trinajstić information content (AvgIpc) is 3.81. The van der Waals surface area contributed by atoms with Gasteiger partial charge in [-0.3, -0.25) is 19.6 Å². The van der Waals surface area contributed by atoms with Gasteiger partial charge in [0.25, 0.3) is 0 Å². The van der Waals surface area contributed by atoms with Crippen LogP contribution in [0.25, 0.3) is 55.8 Å². The van der Waals surface area contributed by atoms with Crippen molar-refractivity contribution >= 4 is 111 Å². The molecular weight excluding hydrogens is 1020 g/mol. The maximum Gasteiger partial charge on any atom is 0.113 e. The Labute approximate surface area is 425 Å². The molecule has 2 aliphatic heterocycles. The van der Waals surface area contributed by atoms with Crippen molar-refractivity contribution in [3.63, 3.8) is 0 Å². The summed E-state index contributed by atoms with van der Waals surface area (Å²) < 4.78 is 6.59. The fourth-order valence-electron chi connectivity index (χ4n) is 10.6. The zero-order chi connectivity index (χ0) is 46.7. The smallest absolute Gasteiger partial charge is 0.113 e. The summed E-state index contributed by atoms with van der Waals surface area (Å²) >= 11 is 20.7. The molecule has 350 valence electrons. The molecule has 0 aliphatic carbocycles. The van der Waals surface area contributed by atoms with Gasteiger partial charge in [-0.1, -0.05) is 140 Å². The van der Waals surface area contributed by atoms with Gasteiger partial charge >= 0.3 is 0 Å². The molecule has 4 heterocycles. The summed E-state index contributed by atoms with van der Waals surface area (Å²) in [5, 5.41) is 31.7. The molecule has 2 N–H and O–H groups in total. The molecule has 6 aromatic carbocycles. The van der Waals surface area contributed by atoms with Crippen molar-refractivity contribution in [2.75, 3.05) is 65.4 Å². The molecule has 12 heteroatoms. The van der Waals surface area contributed by atoms with E-state index in [2.05, 4.69) is 170 Å². The predicted octanol–water partition coefficient (Wildman–Crippen LogP) is 12.1. The average molecular weight is 1080 g/mol. The third-order valence-corrected chi connectivity index (χ3v) is 15.5. The van der Waals surface area contributed by atoms with E-state index < -0.39 is 18.4 Å². The molecule has 0 radical (unpaired) electrons. The van der Waals surface area contributed by atoms with E-state index in [1.54, 1.807) is 0 Å². The number of aliphatic hydroxyl groups excluding tert-OH is 2. The molecule has 68 heavy (non-hydrogen) atoms. The van der Waals surface area contributed by atoms with Crippen LogP contribution in [0.2, 0.25) is 10.0 Å². The number of nitrogens with zero attached hydrogens (tertiary/aromatic N) is 6. The van der Waals surface area contributed by atoms with Crippen molar-refractivity contribution in [1.82, 2.24) is 28.7 Å². The van der Waals surface area contributed by atoms with E-state index in [0.29, 0.717) is 23.0 Å². The second-order valence-corrected chi connectivity index (χ2v) is 21.0. The van der Waals surface area contributed by atoms with E-state index in [1.165, 1.54) is 11.1 Å². The van der Waals surface area contributed by atoms with E-state index in [9.17, 15) is 10.2 Å². The van der Waals surface area contributed by atoms with Crippen molar-refractivity contribution < 1.29 is 10.2 Å². The summed E-state index contributed by atoms with van der Waals surface area (Å²) in [5.74, 6) is 0. The minimum atomic E-state index is -0.840. The van der Waals surface area contributed by atoms with Gasteiger partial charge in [0.05, 0.1) is 29.8 Å². The SMILES string of the molecule is OC(Cn1c2ccc(Cl)cc2c2cc(Cl)ccc21)C(CC(O)C(N1CCN(C/C=C/c2ccccc2)CC1)n1c2ccc(Br)cc2c2cc(Br)ccc21)N1CCN(C/C=C/c2ccccc2)CC1. The minimum absolute atomic E-state index is 0.331. The number of fused-ring (bicyclic) bond motifs is 6. The van der Waals surface area contributed by atoms with E-state index in [0.717, 1.165) is 118 Å². The second-order valence-electron chi connectivity index (χ2n) is 18.3. The van der Waals surface area contributed by atoms with Crippen molar-refractivity contribution in [1.29, 1.82) is 0 Å². The van der Waals surface area contributed by atoms with Gasteiger partial charge in [0.1, 0.15) is 6.17 Å². The van der Waals surface area contributed by atoms with E-state index in [1.807, 2.05) is 48.5 Å². The molecule has 0 saturated carbocycles. The van der Waals surface area contributed by atoms with Gasteiger partial charge in [0, 0.05) is 123 Å². The van der Waals surface area contributed by atoms with Crippen LogP contribution in [-0.4, -0.2) is 123 Å². The first-order chi connectivity index (χ1) is 33.2. The Balaban J connectivity index is 0.984. The van der Waals surface area contributed by atoms with Crippen LogP contribution in [0, 0.1) is 0 Å². The minimum Gasteiger partial charge on any atom is -0.390 e. The lowest BCUT2D eigenvalue weighted by molar-refractivity contribution is -0.0533. The van der Waals surface area contributed by atoms with E-state index in [-0.39, 0.29) is 6.04 Å². The van der Waals surface area contributed by atoms with Crippen molar-refractivity contribution in [2.45, 2.75) is 37.4 Å². The highest BCUT2D eigenvalue weighted by molar-refractivity contribution is 9.10. The van der Waals surface area contributed by atoms with Crippen LogP contribution < -0.4 is 0 Å². The first-order valence-electron chi connectivity index (χ1n) is 23.6. The molecule has 0 amide bonds. The number of aliphatic hydroxyl groups is 2. The predicted molar refractivity (Wildman–Crippen MR) is 291 cm³/mol. The van der Waals surface area contributed by atoms with Crippen molar-refractivity contribution in [3.05, 3.63) is 176 Å². The number of aromatic nitrogens is 2. The fourth-order valence-corrected chi connectivity index (χ4v) is 11.7. The van der Waals surface area contributed by atoms with Gasteiger partial charge in [-0.15, -0.1) is 0 Å². The Hall–Kier alpha value is -4.30. The first kappa shape index (κ1) is 47.4. The molecule has 4 atom stereocenters. The van der Waals surface area contributed by atoms with Crippen molar-refractivity contribution in [3.8, 4) is 0 Å². The van der Waals surface area contributed by atoms with Gasteiger partial charge in [0.2, 0.25) is 0 Å². The Bertz CT molecular complexity index is 2950. The first-order valence-corrected chi connectivity index (χ1v) is 26.0. The quantitative estimate of drug-likeness (QED) is 0.107. The lowest BCUT2D eigenvalue weighted by atomic mass is 9.97. The Morgan fingerprint density at radius 2 is 0.941 bits per heavy atom. The maximum atomic E-state index is 13.3. The van der Waals surface area contributed by atoms with Gasteiger partial charge in [-0.2, -0.15) is 0 Å². The van der Waals surface area contributed by atoms with Gasteiger partial charge < -0.3 is 19.3 Å². The van der Waals surface area contributed by atoms with Crippen LogP contribution in [-0.2, 0) is 6.54 Å². The molecule has 4 unspecified atom stereocenters. The number of halogens is 4. The molecular formula is C56H56Br2Cl2N6O2. The van der Waals surface area contributed by atoms with Crippen LogP contribution in [0.5, 0.6) is 0 Å². The number of hydrogen-bond donors (Lipinski definition) is 2. The summed E-state index contributed by atoms with van der Waals surface area (Å²) in [7, 11) is 0. The maximum absolute atomic E-state index is 13.3. The van der Waals surface area contributed by atoms with Gasteiger partial charge in [-0.05, 0) is 90.3 Å². The van der Waals surface area contributed by atoms with Crippen LogP contribution in [0.4, 0.5) is 0 Å². The van der Waals surface area contributed by atoms with Gasteiger partial charge in [-0.25, -0.2) is 0 Å². The number of rotatable bonds is 15. The summed E-state index contributed by atoms with van der Waals surface area (Å²) in [6.45, 7) is 8.57. The highest BCUT2D eigenvalue weighted by Gasteiger charge is 2.38. The summed E-state index contributed by atoms with van der Waals surface area (Å²) in [6.07, 6.45) is 7.18. The zero-order valence-corrected chi connectivity index (χ0v) is 42.6. The second kappa shape index (κ2) is 21.4. The largest absolute Gasteiger partial charge is 0.390 e. The third kappa shape index (κ3) is 10.4. The lowest BCUT2D eigenvalue weighted by Gasteiger charge is -2.45. The Morgan fingerprint density at radius 1 is 0.500 bits per heavy atom. The lowest BCUT2D eigenvalue weighted by Crippen LogP contribution is -2.57. The summed E-state index contributed by atoms with van der Waals surface area (Å²) in [4.78, 5) is 9.88. The molecule has 2 fully saturated rings. The van der Waals surface area contributed by atoms with E-state index in [4.69, 9.17) is 23.2 Å². The highest BCUT2D eigenvalue weighted by Crippen LogP contribution is 2.39. The van der Waals surface area contributed by atoms with Gasteiger partial charge in [0.15, 0.2) is 0 Å².